The summed E-state index contributed by atoms with van der Waals surface area (Å²) in [7, 11) is 0. The molecule has 0 saturated carbocycles. The standard InChI is InChI=1S/C17H12N8/c18-9-12(17-21-23-24-22-17)10-19-13-5-7-14(8-6-13)25-11-20-15-3-1-2-4-16(15)25/h1-8,10-11,19H,(H,21,22,23,24). The molecule has 8 heteroatoms. The van der Waals surface area contributed by atoms with Crippen LogP contribution in [0.5, 0.6) is 0 Å². The first-order valence-electron chi connectivity index (χ1n) is 7.48. The molecule has 8 nitrogen and oxygen atoms in total. The van der Waals surface area contributed by atoms with Crippen molar-refractivity contribution in [3.05, 3.63) is 66.9 Å². The third kappa shape index (κ3) is 2.82. The third-order valence-electron chi connectivity index (χ3n) is 3.69. The highest BCUT2D eigenvalue weighted by Gasteiger charge is 2.06. The van der Waals surface area contributed by atoms with Gasteiger partial charge in [-0.25, -0.2) is 4.98 Å². The Kier molecular flexibility index (Phi) is 3.65. The van der Waals surface area contributed by atoms with Crippen LogP contribution in [0.15, 0.2) is 61.1 Å². The number of hydrogen-bond acceptors (Lipinski definition) is 6. The molecular weight excluding hydrogens is 316 g/mol. The largest absolute Gasteiger partial charge is 0.360 e. The second kappa shape index (κ2) is 6.25. The molecule has 0 spiro atoms. The van der Waals surface area contributed by atoms with Gasteiger partial charge in [-0.05, 0) is 41.6 Å². The molecule has 2 N–H and O–H groups in total. The van der Waals surface area contributed by atoms with Crippen LogP contribution in [0, 0.1) is 11.3 Å². The van der Waals surface area contributed by atoms with E-state index in [1.165, 1.54) is 0 Å². The summed E-state index contributed by atoms with van der Waals surface area (Å²) in [5.74, 6) is 0.247. The monoisotopic (exact) mass is 328 g/mol. The van der Waals surface area contributed by atoms with E-state index < -0.39 is 0 Å². The van der Waals surface area contributed by atoms with E-state index in [-0.39, 0.29) is 5.82 Å². The fourth-order valence-electron chi connectivity index (χ4n) is 2.46. The molecule has 0 atom stereocenters. The van der Waals surface area contributed by atoms with Gasteiger partial charge in [0.25, 0.3) is 0 Å². The number of nitrogens with zero attached hydrogens (tertiary/aromatic N) is 6. The van der Waals surface area contributed by atoms with Crippen molar-refractivity contribution in [2.24, 2.45) is 0 Å². The zero-order valence-electron chi connectivity index (χ0n) is 13.0. The fraction of sp³-hybridized carbons (Fsp3) is 0. The molecule has 0 aliphatic carbocycles. The van der Waals surface area contributed by atoms with Gasteiger partial charge in [-0.3, -0.25) is 4.57 Å². The van der Waals surface area contributed by atoms with Crippen molar-refractivity contribution >= 4 is 22.3 Å². The van der Waals surface area contributed by atoms with Gasteiger partial charge in [0.1, 0.15) is 18.0 Å². The quantitative estimate of drug-likeness (QED) is 0.557. The third-order valence-corrected chi connectivity index (χ3v) is 3.69. The molecule has 0 unspecified atom stereocenters. The second-order valence-electron chi connectivity index (χ2n) is 5.20. The van der Waals surface area contributed by atoms with Gasteiger partial charge in [0.2, 0.25) is 5.82 Å². The van der Waals surface area contributed by atoms with Crippen LogP contribution in [-0.2, 0) is 0 Å². The van der Waals surface area contributed by atoms with Gasteiger partial charge in [-0.15, -0.1) is 10.2 Å². The van der Waals surface area contributed by atoms with E-state index in [4.69, 9.17) is 5.26 Å². The normalized spacial score (nSPS) is 11.4. The Bertz CT molecular complexity index is 1070. The van der Waals surface area contributed by atoms with E-state index in [1.807, 2.05) is 59.2 Å². The molecule has 0 radical (unpaired) electrons. The summed E-state index contributed by atoms with van der Waals surface area (Å²) >= 11 is 0. The maximum Gasteiger partial charge on any atom is 0.216 e. The molecule has 0 aliphatic heterocycles. The number of benzene rings is 2. The maximum absolute atomic E-state index is 9.16. The molecule has 4 rings (SSSR count). The Morgan fingerprint density at radius 3 is 2.76 bits per heavy atom. The molecular formula is C17H12N8. The lowest BCUT2D eigenvalue weighted by Crippen LogP contribution is -1.95. The minimum absolute atomic E-state index is 0.247. The van der Waals surface area contributed by atoms with Crippen molar-refractivity contribution in [3.63, 3.8) is 0 Å². The second-order valence-corrected chi connectivity index (χ2v) is 5.20. The van der Waals surface area contributed by atoms with Crippen LogP contribution < -0.4 is 5.32 Å². The summed E-state index contributed by atoms with van der Waals surface area (Å²) in [5.41, 5.74) is 4.13. The lowest BCUT2D eigenvalue weighted by atomic mass is 10.2. The number of imidazole rings is 1. The topological polar surface area (TPSA) is 108 Å². The summed E-state index contributed by atoms with van der Waals surface area (Å²) in [4.78, 5) is 4.40. The lowest BCUT2D eigenvalue weighted by molar-refractivity contribution is 0.881. The Morgan fingerprint density at radius 2 is 2.00 bits per heavy atom. The molecule has 2 aromatic heterocycles. The van der Waals surface area contributed by atoms with Crippen molar-refractivity contribution < 1.29 is 0 Å². The Labute approximate surface area is 142 Å². The minimum atomic E-state index is 0.247. The van der Waals surface area contributed by atoms with Crippen LogP contribution in [0.25, 0.3) is 22.3 Å². The molecule has 4 aromatic rings. The van der Waals surface area contributed by atoms with Gasteiger partial charge in [-0.2, -0.15) is 10.5 Å². The molecule has 0 fully saturated rings. The highest BCUT2D eigenvalue weighted by atomic mass is 15.5. The van der Waals surface area contributed by atoms with E-state index in [1.54, 1.807) is 12.5 Å². The molecule has 0 bridgehead atoms. The minimum Gasteiger partial charge on any atom is -0.360 e. The predicted octanol–water partition coefficient (Wildman–Crippen LogP) is 2.52. The predicted molar refractivity (Wildman–Crippen MR) is 92.5 cm³/mol. The van der Waals surface area contributed by atoms with Crippen LogP contribution in [0.3, 0.4) is 0 Å². The molecule has 120 valence electrons. The van der Waals surface area contributed by atoms with Crippen LogP contribution in [0.1, 0.15) is 5.82 Å². The van der Waals surface area contributed by atoms with Gasteiger partial charge in [-0.1, -0.05) is 12.1 Å². The van der Waals surface area contributed by atoms with Crippen LogP contribution in [0.4, 0.5) is 5.69 Å². The number of fused-ring (bicyclic) bond motifs is 1. The summed E-state index contributed by atoms with van der Waals surface area (Å²) < 4.78 is 2.02. The number of rotatable bonds is 4. The van der Waals surface area contributed by atoms with Gasteiger partial charge in [0.05, 0.1) is 11.0 Å². The van der Waals surface area contributed by atoms with Crippen molar-refractivity contribution in [3.8, 4) is 11.8 Å². The number of anilines is 1. The summed E-state index contributed by atoms with van der Waals surface area (Å²) in [6.07, 6.45) is 3.35. The number of aromatic nitrogens is 6. The Hall–Kier alpha value is -3.99. The summed E-state index contributed by atoms with van der Waals surface area (Å²) in [6, 6.07) is 17.8. The molecule has 25 heavy (non-hydrogen) atoms. The number of aromatic amines is 1. The number of H-pyrrole nitrogens is 1. The SMILES string of the molecule is N#CC(=CNc1ccc(-n2cnc3ccccc32)cc1)c1nn[nH]n1. The molecule has 2 heterocycles. The van der Waals surface area contributed by atoms with E-state index in [0.29, 0.717) is 5.57 Å². The molecule has 0 amide bonds. The number of hydrogen-bond donors (Lipinski definition) is 2. The van der Waals surface area contributed by atoms with Gasteiger partial charge in [0, 0.05) is 17.6 Å². The molecule has 2 aromatic carbocycles. The van der Waals surface area contributed by atoms with E-state index >= 15 is 0 Å². The van der Waals surface area contributed by atoms with Gasteiger partial charge < -0.3 is 5.32 Å². The highest BCUT2D eigenvalue weighted by Crippen LogP contribution is 2.20. The summed E-state index contributed by atoms with van der Waals surface area (Å²) in [6.45, 7) is 0. The van der Waals surface area contributed by atoms with Gasteiger partial charge >= 0.3 is 0 Å². The zero-order valence-corrected chi connectivity index (χ0v) is 13.0. The number of allylic oxidation sites excluding steroid dienone is 1. The number of para-hydroxylation sites is 2. The molecule has 0 aliphatic rings. The smallest absolute Gasteiger partial charge is 0.216 e. The van der Waals surface area contributed by atoms with Crippen molar-refractivity contribution in [1.29, 1.82) is 5.26 Å². The zero-order chi connectivity index (χ0) is 17.1. The fourth-order valence-corrected chi connectivity index (χ4v) is 2.46. The first kappa shape index (κ1) is 14.6. The van der Waals surface area contributed by atoms with Crippen molar-refractivity contribution in [1.82, 2.24) is 30.2 Å². The number of nitriles is 1. The highest BCUT2D eigenvalue weighted by molar-refractivity contribution is 5.77. The first-order chi connectivity index (χ1) is 12.3. The van der Waals surface area contributed by atoms with Gasteiger partial charge in [0.15, 0.2) is 0 Å². The Morgan fingerprint density at radius 1 is 1.16 bits per heavy atom. The summed E-state index contributed by atoms with van der Waals surface area (Å²) in [5, 5.41) is 25.6. The van der Waals surface area contributed by atoms with E-state index in [0.717, 1.165) is 22.4 Å². The first-order valence-corrected chi connectivity index (χ1v) is 7.48. The van der Waals surface area contributed by atoms with E-state index in [2.05, 4.69) is 30.9 Å². The average molecular weight is 328 g/mol. The Balaban J connectivity index is 1.57. The molecule has 0 saturated heterocycles. The van der Waals surface area contributed by atoms with Crippen LogP contribution in [0.2, 0.25) is 0 Å². The average Bonchev–Trinajstić information content (AvgIpc) is 3.33. The van der Waals surface area contributed by atoms with Crippen LogP contribution in [-0.4, -0.2) is 30.2 Å². The number of nitrogens with one attached hydrogen (secondary N) is 2. The van der Waals surface area contributed by atoms with Crippen LogP contribution >= 0.6 is 0 Å². The van der Waals surface area contributed by atoms with Crippen molar-refractivity contribution in [2.45, 2.75) is 0 Å². The van der Waals surface area contributed by atoms with E-state index in [9.17, 15) is 0 Å². The van der Waals surface area contributed by atoms with Crippen molar-refractivity contribution in [2.75, 3.05) is 5.32 Å². The maximum atomic E-state index is 9.16. The lowest BCUT2D eigenvalue weighted by Gasteiger charge is -2.06. The number of tetrazole rings is 1.